The molecule has 0 aliphatic rings. The summed E-state index contributed by atoms with van der Waals surface area (Å²) in [4.78, 5) is 0. The van der Waals surface area contributed by atoms with Crippen LogP contribution in [0.3, 0.4) is 0 Å². The van der Waals surface area contributed by atoms with Gasteiger partial charge in [-0.15, -0.1) is 0 Å². The van der Waals surface area contributed by atoms with Crippen LogP contribution in [0, 0.1) is 11.2 Å². The lowest BCUT2D eigenvalue weighted by molar-refractivity contribution is 0.361. The highest BCUT2D eigenvalue weighted by atomic mass is 19.1. The molecule has 3 heteroatoms. The fraction of sp³-hybridized carbons (Fsp3) is 0.412. The first-order valence-electron chi connectivity index (χ1n) is 6.99. The summed E-state index contributed by atoms with van der Waals surface area (Å²) in [5.41, 5.74) is 1.24. The number of rotatable bonds is 5. The van der Waals surface area contributed by atoms with Gasteiger partial charge in [-0.2, -0.15) is 0 Å². The molecule has 20 heavy (non-hydrogen) atoms. The number of hydrogen-bond donors (Lipinski definition) is 1. The van der Waals surface area contributed by atoms with Gasteiger partial charge in [0.25, 0.3) is 0 Å². The Hall–Kier alpha value is -1.61. The molecule has 1 heterocycles. The molecule has 0 saturated heterocycles. The molecule has 0 atom stereocenters. The average molecular weight is 275 g/mol. The van der Waals surface area contributed by atoms with Crippen LogP contribution >= 0.6 is 0 Å². The lowest BCUT2D eigenvalue weighted by Gasteiger charge is -2.17. The van der Waals surface area contributed by atoms with Crippen molar-refractivity contribution in [2.45, 2.75) is 33.7 Å². The Labute approximate surface area is 120 Å². The van der Waals surface area contributed by atoms with Crippen molar-refractivity contribution in [3.8, 4) is 11.3 Å². The second-order valence-corrected chi connectivity index (χ2v) is 6.26. The van der Waals surface area contributed by atoms with E-state index >= 15 is 0 Å². The maximum absolute atomic E-state index is 12.9. The maximum atomic E-state index is 12.9. The molecule has 1 aromatic heterocycles. The van der Waals surface area contributed by atoms with Crippen LogP contribution in [0.15, 0.2) is 40.8 Å². The monoisotopic (exact) mass is 275 g/mol. The lowest BCUT2D eigenvalue weighted by atomic mass is 9.92. The Bertz CT molecular complexity index is 537. The summed E-state index contributed by atoms with van der Waals surface area (Å²) in [6, 6.07) is 10.2. The van der Waals surface area contributed by atoms with Gasteiger partial charge in [-0.05, 0) is 54.8 Å². The minimum atomic E-state index is -0.232. The van der Waals surface area contributed by atoms with Crippen molar-refractivity contribution in [1.82, 2.24) is 5.32 Å². The van der Waals surface area contributed by atoms with E-state index in [9.17, 15) is 4.39 Å². The maximum Gasteiger partial charge on any atom is 0.134 e. The normalized spacial score (nSPS) is 11.8. The van der Waals surface area contributed by atoms with Gasteiger partial charge < -0.3 is 9.73 Å². The number of nitrogens with one attached hydrogen (secondary N) is 1. The summed E-state index contributed by atoms with van der Waals surface area (Å²) in [6.07, 6.45) is 1.12. The molecule has 0 spiro atoms. The highest BCUT2D eigenvalue weighted by Gasteiger charge is 2.09. The molecule has 0 aliphatic carbocycles. The van der Waals surface area contributed by atoms with Crippen LogP contribution in [0.1, 0.15) is 33.0 Å². The van der Waals surface area contributed by atoms with Crippen LogP contribution in [-0.2, 0) is 6.54 Å². The highest BCUT2D eigenvalue weighted by Crippen LogP contribution is 2.22. The smallest absolute Gasteiger partial charge is 0.134 e. The van der Waals surface area contributed by atoms with Gasteiger partial charge in [-0.25, -0.2) is 4.39 Å². The zero-order chi connectivity index (χ0) is 14.6. The van der Waals surface area contributed by atoms with Gasteiger partial charge in [0.2, 0.25) is 0 Å². The van der Waals surface area contributed by atoms with Gasteiger partial charge in [0, 0.05) is 5.56 Å². The first-order valence-corrected chi connectivity index (χ1v) is 6.99. The second-order valence-electron chi connectivity index (χ2n) is 6.26. The van der Waals surface area contributed by atoms with E-state index < -0.39 is 0 Å². The third kappa shape index (κ3) is 4.49. The third-order valence-corrected chi connectivity index (χ3v) is 3.14. The van der Waals surface area contributed by atoms with Crippen molar-refractivity contribution in [3.05, 3.63) is 48.0 Å². The standard InChI is InChI=1S/C17H22FNO/c1-17(2,3)10-11-19-12-15-8-9-16(20-15)13-4-6-14(18)7-5-13/h4-9,19H,10-12H2,1-3H3. The van der Waals surface area contributed by atoms with Gasteiger partial charge >= 0.3 is 0 Å². The van der Waals surface area contributed by atoms with Crippen LogP contribution in [0.4, 0.5) is 4.39 Å². The van der Waals surface area contributed by atoms with Crippen LogP contribution in [0.5, 0.6) is 0 Å². The highest BCUT2D eigenvalue weighted by molar-refractivity contribution is 5.57. The number of halogens is 1. The first kappa shape index (κ1) is 14.8. The minimum Gasteiger partial charge on any atom is -0.460 e. The van der Waals surface area contributed by atoms with Gasteiger partial charge in [0.1, 0.15) is 17.3 Å². The van der Waals surface area contributed by atoms with Gasteiger partial charge in [-0.3, -0.25) is 0 Å². The molecule has 0 fully saturated rings. The predicted octanol–water partition coefficient (Wildman–Crippen LogP) is 4.61. The third-order valence-electron chi connectivity index (χ3n) is 3.14. The van der Waals surface area contributed by atoms with E-state index in [0.717, 1.165) is 36.6 Å². The quantitative estimate of drug-likeness (QED) is 0.806. The van der Waals surface area contributed by atoms with Crippen molar-refractivity contribution < 1.29 is 8.81 Å². The Morgan fingerprint density at radius 2 is 1.75 bits per heavy atom. The van der Waals surface area contributed by atoms with Crippen LogP contribution in [0.2, 0.25) is 0 Å². The SMILES string of the molecule is CC(C)(C)CCNCc1ccc(-c2ccc(F)cc2)o1. The van der Waals surface area contributed by atoms with Crippen molar-refractivity contribution in [1.29, 1.82) is 0 Å². The summed E-state index contributed by atoms with van der Waals surface area (Å²) < 4.78 is 18.6. The molecule has 0 aliphatic heterocycles. The summed E-state index contributed by atoms with van der Waals surface area (Å²) in [7, 11) is 0. The fourth-order valence-electron chi connectivity index (χ4n) is 1.92. The van der Waals surface area contributed by atoms with Gasteiger partial charge in [-0.1, -0.05) is 20.8 Å². The van der Waals surface area contributed by atoms with E-state index in [1.807, 2.05) is 12.1 Å². The van der Waals surface area contributed by atoms with Gasteiger partial charge in [0.05, 0.1) is 6.54 Å². The Morgan fingerprint density at radius 1 is 1.05 bits per heavy atom. The molecule has 2 rings (SSSR count). The van der Waals surface area contributed by atoms with E-state index in [4.69, 9.17) is 4.42 Å². The zero-order valence-electron chi connectivity index (χ0n) is 12.4. The molecule has 2 nitrogen and oxygen atoms in total. The molecule has 0 bridgehead atoms. The predicted molar refractivity (Wildman–Crippen MR) is 79.9 cm³/mol. The van der Waals surface area contributed by atoms with E-state index in [-0.39, 0.29) is 5.82 Å². The fourth-order valence-corrected chi connectivity index (χ4v) is 1.92. The van der Waals surface area contributed by atoms with Crippen LogP contribution < -0.4 is 5.32 Å². The van der Waals surface area contributed by atoms with Crippen molar-refractivity contribution >= 4 is 0 Å². The number of benzene rings is 1. The molecule has 0 radical (unpaired) electrons. The van der Waals surface area contributed by atoms with Crippen molar-refractivity contribution in [3.63, 3.8) is 0 Å². The molecule has 0 saturated carbocycles. The molecule has 108 valence electrons. The van der Waals surface area contributed by atoms with Gasteiger partial charge in [0.15, 0.2) is 0 Å². The summed E-state index contributed by atoms with van der Waals surface area (Å²) in [5, 5.41) is 3.38. The van der Waals surface area contributed by atoms with E-state index in [2.05, 4.69) is 26.1 Å². The average Bonchev–Trinajstić information content (AvgIpc) is 2.83. The molecule has 0 amide bonds. The van der Waals surface area contributed by atoms with Crippen molar-refractivity contribution in [2.24, 2.45) is 5.41 Å². The Kier molecular flexibility index (Phi) is 4.61. The number of hydrogen-bond acceptors (Lipinski definition) is 2. The Morgan fingerprint density at radius 3 is 2.40 bits per heavy atom. The topological polar surface area (TPSA) is 25.2 Å². The Balaban J connectivity index is 1.88. The van der Waals surface area contributed by atoms with Crippen LogP contribution in [-0.4, -0.2) is 6.54 Å². The largest absolute Gasteiger partial charge is 0.460 e. The molecular weight excluding hydrogens is 253 g/mol. The summed E-state index contributed by atoms with van der Waals surface area (Å²) in [6.45, 7) is 8.38. The molecule has 1 aromatic carbocycles. The van der Waals surface area contributed by atoms with E-state index in [1.54, 1.807) is 12.1 Å². The summed E-state index contributed by atoms with van der Waals surface area (Å²) in [5.74, 6) is 1.44. The minimum absolute atomic E-state index is 0.232. The second kappa shape index (κ2) is 6.23. The molecule has 2 aromatic rings. The van der Waals surface area contributed by atoms with Crippen LogP contribution in [0.25, 0.3) is 11.3 Å². The summed E-state index contributed by atoms with van der Waals surface area (Å²) >= 11 is 0. The number of furan rings is 1. The van der Waals surface area contributed by atoms with E-state index in [0.29, 0.717) is 5.41 Å². The lowest BCUT2D eigenvalue weighted by Crippen LogP contribution is -2.19. The molecule has 0 unspecified atom stereocenters. The molecular formula is C17H22FNO. The first-order chi connectivity index (χ1) is 9.44. The van der Waals surface area contributed by atoms with Crippen molar-refractivity contribution in [2.75, 3.05) is 6.54 Å². The zero-order valence-corrected chi connectivity index (χ0v) is 12.4. The molecule has 1 N–H and O–H groups in total. The van der Waals surface area contributed by atoms with E-state index in [1.165, 1.54) is 12.1 Å².